The smallest absolute Gasteiger partial charge is 0.269 e. The van der Waals surface area contributed by atoms with Gasteiger partial charge in [0.15, 0.2) is 0 Å². The van der Waals surface area contributed by atoms with E-state index in [1.54, 1.807) is 0 Å². The van der Waals surface area contributed by atoms with Gasteiger partial charge in [0.2, 0.25) is 0 Å². The lowest BCUT2D eigenvalue weighted by Crippen LogP contribution is -2.32. The molecule has 3 aromatic rings. The predicted molar refractivity (Wildman–Crippen MR) is 126 cm³/mol. The van der Waals surface area contributed by atoms with Gasteiger partial charge in [-0.1, -0.05) is 30.3 Å². The summed E-state index contributed by atoms with van der Waals surface area (Å²) >= 11 is 0. The fourth-order valence-corrected chi connectivity index (χ4v) is 4.32. The summed E-state index contributed by atoms with van der Waals surface area (Å²) in [5, 5.41) is 7.80. The summed E-state index contributed by atoms with van der Waals surface area (Å²) in [7, 11) is 0. The van der Waals surface area contributed by atoms with Gasteiger partial charge in [-0.2, -0.15) is 5.10 Å². The molecule has 1 aliphatic heterocycles. The Kier molecular flexibility index (Phi) is 5.24. The van der Waals surface area contributed by atoms with E-state index in [1.807, 2.05) is 16.9 Å². The number of hydrogen-bond acceptors (Lipinski definition) is 4. The standard InChI is InChI=1S/C26H31N5O/c1-26(2,3)31-23(14-22(29-31)20-9-10-20)25(32)28-16-18-8-11-24(27-15-18)30-13-12-19-6-4-5-7-21(19)17-30/h4-8,11,14-15,20H,9-10,12-13,16-17H2,1-3H3,(H,28,32). The molecule has 0 atom stereocenters. The number of hydrogen-bond donors (Lipinski definition) is 1. The molecule has 1 N–H and O–H groups in total. The van der Waals surface area contributed by atoms with Gasteiger partial charge in [0.05, 0.1) is 11.2 Å². The molecule has 6 nitrogen and oxygen atoms in total. The molecule has 1 amide bonds. The number of anilines is 1. The lowest BCUT2D eigenvalue weighted by molar-refractivity contribution is 0.0932. The zero-order valence-corrected chi connectivity index (χ0v) is 19.1. The first-order valence-electron chi connectivity index (χ1n) is 11.5. The van der Waals surface area contributed by atoms with Gasteiger partial charge < -0.3 is 10.2 Å². The highest BCUT2D eigenvalue weighted by molar-refractivity contribution is 5.92. The van der Waals surface area contributed by atoms with E-state index >= 15 is 0 Å². The van der Waals surface area contributed by atoms with Crippen molar-refractivity contribution in [3.8, 4) is 0 Å². The molecule has 0 radical (unpaired) electrons. The Morgan fingerprint density at radius 2 is 1.91 bits per heavy atom. The lowest BCUT2D eigenvalue weighted by Gasteiger charge is -2.29. The van der Waals surface area contributed by atoms with Crippen LogP contribution in [0.4, 0.5) is 5.82 Å². The topological polar surface area (TPSA) is 63.1 Å². The number of carbonyl (C=O) groups excluding carboxylic acids is 1. The van der Waals surface area contributed by atoms with Gasteiger partial charge in [-0.25, -0.2) is 4.98 Å². The Balaban J connectivity index is 1.24. The first kappa shape index (κ1) is 20.7. The number of amides is 1. The van der Waals surface area contributed by atoms with Crippen molar-refractivity contribution in [3.63, 3.8) is 0 Å². The summed E-state index contributed by atoms with van der Waals surface area (Å²) in [6.45, 7) is 8.54. The fourth-order valence-electron chi connectivity index (χ4n) is 4.32. The van der Waals surface area contributed by atoms with Crippen LogP contribution < -0.4 is 10.2 Å². The number of pyridine rings is 1. The van der Waals surface area contributed by atoms with Gasteiger partial charge in [0.1, 0.15) is 11.5 Å². The summed E-state index contributed by atoms with van der Waals surface area (Å²) in [6, 6.07) is 14.7. The quantitative estimate of drug-likeness (QED) is 0.653. The van der Waals surface area contributed by atoms with Crippen LogP contribution in [-0.4, -0.2) is 27.2 Å². The van der Waals surface area contributed by atoms with Crippen molar-refractivity contribution >= 4 is 11.7 Å². The van der Waals surface area contributed by atoms with Crippen LogP contribution >= 0.6 is 0 Å². The second kappa shape index (κ2) is 8.08. The minimum atomic E-state index is -0.240. The van der Waals surface area contributed by atoms with Crippen molar-refractivity contribution in [2.45, 2.75) is 64.6 Å². The minimum absolute atomic E-state index is 0.0870. The molecule has 32 heavy (non-hydrogen) atoms. The largest absolute Gasteiger partial charge is 0.352 e. The molecule has 1 aromatic carbocycles. The summed E-state index contributed by atoms with van der Waals surface area (Å²) in [6.07, 6.45) is 5.25. The SMILES string of the molecule is CC(C)(C)n1nc(C2CC2)cc1C(=O)NCc1ccc(N2CCc3ccccc3C2)nc1. The van der Waals surface area contributed by atoms with Crippen LogP contribution in [0, 0.1) is 0 Å². The van der Waals surface area contributed by atoms with Crippen molar-refractivity contribution in [1.82, 2.24) is 20.1 Å². The first-order valence-corrected chi connectivity index (χ1v) is 11.5. The van der Waals surface area contributed by atoms with Gasteiger partial charge in [-0.15, -0.1) is 0 Å². The molecule has 6 heteroatoms. The number of fused-ring (bicyclic) bond motifs is 1. The average molecular weight is 430 g/mol. The molecule has 0 bridgehead atoms. The first-order chi connectivity index (χ1) is 15.4. The maximum Gasteiger partial charge on any atom is 0.269 e. The third-order valence-electron chi connectivity index (χ3n) is 6.31. The Labute approximate surface area is 189 Å². The zero-order chi connectivity index (χ0) is 22.3. The maximum atomic E-state index is 13.0. The van der Waals surface area contributed by atoms with Crippen LogP contribution in [0.3, 0.4) is 0 Å². The molecular formula is C26H31N5O. The van der Waals surface area contributed by atoms with Crippen LogP contribution in [-0.2, 0) is 25.0 Å². The fraction of sp³-hybridized carbons (Fsp3) is 0.423. The third-order valence-corrected chi connectivity index (χ3v) is 6.31. The Morgan fingerprint density at radius 3 is 2.59 bits per heavy atom. The van der Waals surface area contributed by atoms with Crippen molar-refractivity contribution in [2.75, 3.05) is 11.4 Å². The Hall–Kier alpha value is -3.15. The highest BCUT2D eigenvalue weighted by Gasteiger charge is 2.31. The molecule has 2 aliphatic rings. The van der Waals surface area contributed by atoms with Gasteiger partial charge >= 0.3 is 0 Å². The Morgan fingerprint density at radius 1 is 1.12 bits per heavy atom. The van der Waals surface area contributed by atoms with E-state index in [2.05, 4.69) is 72.4 Å². The predicted octanol–water partition coefficient (Wildman–Crippen LogP) is 4.40. The van der Waals surface area contributed by atoms with E-state index in [0.29, 0.717) is 18.2 Å². The van der Waals surface area contributed by atoms with Crippen LogP contribution in [0.1, 0.15) is 72.4 Å². The number of carbonyl (C=O) groups is 1. The monoisotopic (exact) mass is 429 g/mol. The Bertz CT molecular complexity index is 1120. The van der Waals surface area contributed by atoms with Gasteiger partial charge in [0.25, 0.3) is 5.91 Å². The highest BCUT2D eigenvalue weighted by atomic mass is 16.2. The maximum absolute atomic E-state index is 13.0. The van der Waals surface area contributed by atoms with Crippen molar-refractivity contribution < 1.29 is 4.79 Å². The third kappa shape index (κ3) is 4.27. The van der Waals surface area contributed by atoms with E-state index in [1.165, 1.54) is 24.0 Å². The molecule has 0 spiro atoms. The van der Waals surface area contributed by atoms with Crippen molar-refractivity contribution in [2.24, 2.45) is 0 Å². The molecule has 5 rings (SSSR count). The number of aromatic nitrogens is 3. The zero-order valence-electron chi connectivity index (χ0n) is 19.1. The molecule has 0 unspecified atom stereocenters. The number of nitrogens with zero attached hydrogens (tertiary/aromatic N) is 4. The molecular weight excluding hydrogens is 398 g/mol. The van der Waals surface area contributed by atoms with E-state index in [-0.39, 0.29) is 11.4 Å². The molecule has 166 valence electrons. The van der Waals surface area contributed by atoms with E-state index in [9.17, 15) is 4.79 Å². The summed E-state index contributed by atoms with van der Waals surface area (Å²) in [4.78, 5) is 20.0. The second-order valence-electron chi connectivity index (χ2n) is 9.96. The van der Waals surface area contributed by atoms with E-state index in [4.69, 9.17) is 5.10 Å². The van der Waals surface area contributed by atoms with Crippen LogP contribution in [0.15, 0.2) is 48.7 Å². The summed E-state index contributed by atoms with van der Waals surface area (Å²) in [5.41, 5.74) is 5.23. The normalized spacial score (nSPS) is 16.0. The van der Waals surface area contributed by atoms with E-state index < -0.39 is 0 Å². The number of rotatable bonds is 5. The van der Waals surface area contributed by atoms with Gasteiger partial charge in [-0.3, -0.25) is 9.48 Å². The lowest BCUT2D eigenvalue weighted by atomic mass is 10.00. The average Bonchev–Trinajstić information content (AvgIpc) is 3.54. The van der Waals surface area contributed by atoms with Gasteiger partial charge in [-0.05, 0) is 68.9 Å². The molecule has 1 aliphatic carbocycles. The second-order valence-corrected chi connectivity index (χ2v) is 9.96. The molecule has 2 aromatic heterocycles. The van der Waals surface area contributed by atoms with Crippen LogP contribution in [0.2, 0.25) is 0 Å². The molecule has 3 heterocycles. The minimum Gasteiger partial charge on any atom is -0.352 e. The van der Waals surface area contributed by atoms with Crippen molar-refractivity contribution in [3.05, 3.63) is 76.7 Å². The molecule has 1 saturated carbocycles. The summed E-state index contributed by atoms with van der Waals surface area (Å²) < 4.78 is 1.87. The molecule has 0 saturated heterocycles. The van der Waals surface area contributed by atoms with Crippen LogP contribution in [0.25, 0.3) is 0 Å². The van der Waals surface area contributed by atoms with Crippen LogP contribution in [0.5, 0.6) is 0 Å². The van der Waals surface area contributed by atoms with Crippen molar-refractivity contribution in [1.29, 1.82) is 0 Å². The summed E-state index contributed by atoms with van der Waals surface area (Å²) in [5.74, 6) is 1.41. The number of benzene rings is 1. The molecule has 1 fully saturated rings. The van der Waals surface area contributed by atoms with Gasteiger partial charge in [0, 0.05) is 31.7 Å². The van der Waals surface area contributed by atoms with E-state index in [0.717, 1.165) is 36.6 Å². The number of nitrogens with one attached hydrogen (secondary N) is 1. The highest BCUT2D eigenvalue weighted by Crippen LogP contribution is 2.40.